The lowest BCUT2D eigenvalue weighted by Crippen LogP contribution is -2.19. The van der Waals surface area contributed by atoms with Gasteiger partial charge in [-0.2, -0.15) is 0 Å². The molecule has 0 saturated heterocycles. The van der Waals surface area contributed by atoms with Crippen LogP contribution < -0.4 is 5.32 Å². The van der Waals surface area contributed by atoms with Crippen LogP contribution in [-0.4, -0.2) is 10.9 Å². The molecular formula is C27H25ClN2O. The second-order valence-electron chi connectivity index (χ2n) is 8.13. The zero-order valence-corrected chi connectivity index (χ0v) is 18.9. The van der Waals surface area contributed by atoms with Gasteiger partial charge >= 0.3 is 0 Å². The first-order chi connectivity index (χ1) is 14.8. The van der Waals surface area contributed by atoms with Crippen molar-refractivity contribution in [2.75, 3.05) is 5.32 Å². The summed E-state index contributed by atoms with van der Waals surface area (Å²) in [6.45, 7) is 8.07. The number of aryl methyl sites for hydroxylation is 3. The van der Waals surface area contributed by atoms with Gasteiger partial charge < -0.3 is 5.32 Å². The second kappa shape index (κ2) is 8.52. The molecule has 3 nitrogen and oxygen atoms in total. The Labute approximate surface area is 188 Å². The number of anilines is 1. The van der Waals surface area contributed by atoms with Gasteiger partial charge in [0.2, 0.25) is 5.91 Å². The van der Waals surface area contributed by atoms with Crippen molar-refractivity contribution in [3.63, 3.8) is 0 Å². The van der Waals surface area contributed by atoms with Crippen molar-refractivity contribution in [3.8, 4) is 11.1 Å². The number of carbonyl (C=O) groups excluding carboxylic acids is 1. The predicted molar refractivity (Wildman–Crippen MR) is 130 cm³/mol. The van der Waals surface area contributed by atoms with E-state index in [1.54, 1.807) is 6.20 Å². The molecule has 1 unspecified atom stereocenters. The zero-order valence-electron chi connectivity index (χ0n) is 18.2. The fourth-order valence-corrected chi connectivity index (χ4v) is 4.19. The van der Waals surface area contributed by atoms with Crippen LogP contribution >= 0.6 is 11.6 Å². The van der Waals surface area contributed by atoms with E-state index >= 15 is 0 Å². The molecule has 0 radical (unpaired) electrons. The molecule has 31 heavy (non-hydrogen) atoms. The van der Waals surface area contributed by atoms with Crippen molar-refractivity contribution in [2.45, 2.75) is 33.6 Å². The van der Waals surface area contributed by atoms with Crippen molar-refractivity contribution < 1.29 is 4.79 Å². The molecule has 4 heteroatoms. The fraction of sp³-hybridized carbons (Fsp3) is 0.185. The van der Waals surface area contributed by atoms with Gasteiger partial charge in [0.1, 0.15) is 0 Å². The summed E-state index contributed by atoms with van der Waals surface area (Å²) >= 11 is 6.59. The maximum absolute atomic E-state index is 13.2. The highest BCUT2D eigenvalue weighted by Crippen LogP contribution is 2.39. The van der Waals surface area contributed by atoms with Gasteiger partial charge in [0.15, 0.2) is 0 Å². The molecule has 156 valence electrons. The molecule has 0 aliphatic rings. The highest BCUT2D eigenvalue weighted by molar-refractivity contribution is 6.34. The van der Waals surface area contributed by atoms with Crippen LogP contribution in [0.4, 0.5) is 5.69 Å². The van der Waals surface area contributed by atoms with Crippen molar-refractivity contribution in [2.24, 2.45) is 0 Å². The number of halogens is 1. The number of rotatable bonds is 4. The lowest BCUT2D eigenvalue weighted by atomic mass is 9.95. The monoisotopic (exact) mass is 428 g/mol. The lowest BCUT2D eigenvalue weighted by Gasteiger charge is -2.18. The molecule has 0 bridgehead atoms. The van der Waals surface area contributed by atoms with Gasteiger partial charge in [0.05, 0.1) is 23.3 Å². The van der Waals surface area contributed by atoms with Crippen LogP contribution in [0.3, 0.4) is 0 Å². The molecule has 4 rings (SSSR count). The fourth-order valence-electron chi connectivity index (χ4n) is 3.96. The molecule has 1 atom stereocenters. The highest BCUT2D eigenvalue weighted by Gasteiger charge is 2.20. The SMILES string of the molecule is Cc1ccc(C(C)C(=O)Nc2cnc3c(C)cc(C)cc3c2-c2ccccc2Cl)cc1. The number of amides is 1. The van der Waals surface area contributed by atoms with E-state index in [0.29, 0.717) is 10.7 Å². The maximum atomic E-state index is 13.2. The van der Waals surface area contributed by atoms with Gasteiger partial charge in [-0.25, -0.2) is 0 Å². The third kappa shape index (κ3) is 4.19. The number of benzene rings is 3. The topological polar surface area (TPSA) is 42.0 Å². The van der Waals surface area contributed by atoms with Crippen LogP contribution in [0.2, 0.25) is 5.02 Å². The summed E-state index contributed by atoms with van der Waals surface area (Å²) in [6.07, 6.45) is 1.74. The molecule has 0 saturated carbocycles. The van der Waals surface area contributed by atoms with E-state index in [0.717, 1.165) is 38.7 Å². The first-order valence-corrected chi connectivity index (χ1v) is 10.7. The van der Waals surface area contributed by atoms with Crippen LogP contribution in [0.25, 0.3) is 22.0 Å². The third-order valence-electron chi connectivity index (χ3n) is 5.68. The molecule has 1 aromatic heterocycles. The molecular weight excluding hydrogens is 404 g/mol. The minimum atomic E-state index is -0.297. The van der Waals surface area contributed by atoms with Crippen molar-refractivity contribution in [1.29, 1.82) is 0 Å². The smallest absolute Gasteiger partial charge is 0.231 e. The number of nitrogens with zero attached hydrogens (tertiary/aromatic N) is 1. The van der Waals surface area contributed by atoms with E-state index in [1.165, 1.54) is 5.56 Å². The minimum Gasteiger partial charge on any atom is -0.324 e. The van der Waals surface area contributed by atoms with Crippen LogP contribution in [-0.2, 0) is 4.79 Å². The number of hydrogen-bond donors (Lipinski definition) is 1. The van der Waals surface area contributed by atoms with Crippen LogP contribution in [0.1, 0.15) is 35.1 Å². The molecule has 1 amide bonds. The first kappa shape index (κ1) is 21.1. The summed E-state index contributed by atoms with van der Waals surface area (Å²) < 4.78 is 0. The quantitative estimate of drug-likeness (QED) is 0.372. The molecule has 0 aliphatic carbocycles. The average molecular weight is 429 g/mol. The van der Waals surface area contributed by atoms with Crippen LogP contribution in [0, 0.1) is 20.8 Å². The number of hydrogen-bond acceptors (Lipinski definition) is 2. The summed E-state index contributed by atoms with van der Waals surface area (Å²) in [5.74, 6) is -0.377. The van der Waals surface area contributed by atoms with E-state index in [9.17, 15) is 4.79 Å². The third-order valence-corrected chi connectivity index (χ3v) is 6.01. The van der Waals surface area contributed by atoms with Gasteiger partial charge in [0.25, 0.3) is 0 Å². The standard InChI is InChI=1S/C27H25ClN2O/c1-16-9-11-20(12-10-16)19(4)27(31)30-24-15-29-26-18(3)13-17(2)14-22(26)25(24)21-7-5-6-8-23(21)28/h5-15,19H,1-4H3,(H,30,31). The Morgan fingerprint density at radius 1 is 0.968 bits per heavy atom. The van der Waals surface area contributed by atoms with Gasteiger partial charge in [-0.15, -0.1) is 0 Å². The lowest BCUT2D eigenvalue weighted by molar-refractivity contribution is -0.117. The Balaban J connectivity index is 1.84. The average Bonchev–Trinajstić information content (AvgIpc) is 2.74. The molecule has 0 fully saturated rings. The zero-order chi connectivity index (χ0) is 22.1. The molecule has 0 aliphatic heterocycles. The molecule has 3 aromatic carbocycles. The summed E-state index contributed by atoms with van der Waals surface area (Å²) in [5.41, 5.74) is 7.71. The van der Waals surface area contributed by atoms with Gasteiger partial charge in [-0.05, 0) is 51.0 Å². The van der Waals surface area contributed by atoms with Crippen LogP contribution in [0.5, 0.6) is 0 Å². The Kier molecular flexibility index (Phi) is 5.79. The van der Waals surface area contributed by atoms with Gasteiger partial charge in [0, 0.05) is 21.5 Å². The van der Waals surface area contributed by atoms with E-state index in [1.807, 2.05) is 62.4 Å². The maximum Gasteiger partial charge on any atom is 0.231 e. The number of fused-ring (bicyclic) bond motifs is 1. The minimum absolute atomic E-state index is 0.0809. The summed E-state index contributed by atoms with van der Waals surface area (Å²) in [4.78, 5) is 17.8. The van der Waals surface area contributed by atoms with Crippen LogP contribution in [0.15, 0.2) is 66.9 Å². The predicted octanol–water partition coefficient (Wildman–Crippen LogP) is 7.22. The number of nitrogens with one attached hydrogen (secondary N) is 1. The van der Waals surface area contributed by atoms with Gasteiger partial charge in [-0.3, -0.25) is 9.78 Å². The molecule has 4 aromatic rings. The Morgan fingerprint density at radius 3 is 2.39 bits per heavy atom. The highest BCUT2D eigenvalue weighted by atomic mass is 35.5. The van der Waals surface area contributed by atoms with E-state index in [4.69, 9.17) is 11.6 Å². The van der Waals surface area contributed by atoms with Crippen molar-refractivity contribution in [3.05, 3.63) is 94.1 Å². The summed E-state index contributed by atoms with van der Waals surface area (Å²) in [6, 6.07) is 20.0. The number of pyridine rings is 1. The number of aromatic nitrogens is 1. The molecule has 1 heterocycles. The second-order valence-corrected chi connectivity index (χ2v) is 8.53. The van der Waals surface area contributed by atoms with E-state index in [2.05, 4.69) is 36.3 Å². The van der Waals surface area contributed by atoms with Crippen molar-refractivity contribution in [1.82, 2.24) is 4.98 Å². The molecule has 0 spiro atoms. The largest absolute Gasteiger partial charge is 0.324 e. The normalized spacial score (nSPS) is 12.0. The van der Waals surface area contributed by atoms with Crippen molar-refractivity contribution >= 4 is 34.1 Å². The summed E-state index contributed by atoms with van der Waals surface area (Å²) in [5, 5.41) is 4.73. The summed E-state index contributed by atoms with van der Waals surface area (Å²) in [7, 11) is 0. The number of carbonyl (C=O) groups is 1. The van der Waals surface area contributed by atoms with Gasteiger partial charge in [-0.1, -0.05) is 71.3 Å². The van der Waals surface area contributed by atoms with E-state index < -0.39 is 0 Å². The Hall–Kier alpha value is -3.17. The molecule has 1 N–H and O–H groups in total. The Bertz CT molecular complexity index is 1280. The Morgan fingerprint density at radius 2 is 1.68 bits per heavy atom. The first-order valence-electron chi connectivity index (χ1n) is 10.4. The van der Waals surface area contributed by atoms with E-state index in [-0.39, 0.29) is 11.8 Å².